The number of aryl methyl sites for hydroxylation is 1. The maximum atomic E-state index is 12.6. The number of carbonyl (C=O) groups is 1. The monoisotopic (exact) mass is 315 g/mol. The van der Waals surface area contributed by atoms with Crippen LogP contribution in [0.2, 0.25) is 0 Å². The number of hydrogen-bond acceptors (Lipinski definition) is 3. The topological polar surface area (TPSA) is 47.8 Å². The number of para-hydroxylation sites is 2. The average Bonchev–Trinajstić information content (AvgIpc) is 2.74. The molecule has 0 radical (unpaired) electrons. The molecule has 0 amide bonds. The molecule has 0 saturated carbocycles. The average molecular weight is 316 g/mol. The smallest absolute Gasteiger partial charge is 0.265 e. The molecule has 2 heterocycles. The van der Waals surface area contributed by atoms with Gasteiger partial charge in [0, 0.05) is 16.9 Å². The molecule has 3 aromatic rings. The first kappa shape index (κ1) is 12.0. The summed E-state index contributed by atoms with van der Waals surface area (Å²) in [5.41, 5.74) is 2.15. The fourth-order valence-electron chi connectivity index (χ4n) is 2.06. The minimum absolute atomic E-state index is 0.125. The second-order valence-electron chi connectivity index (χ2n) is 4.18. The molecular weight excluding hydrogens is 306 g/mol. The molecule has 0 N–H and O–H groups in total. The van der Waals surface area contributed by atoms with E-state index in [-0.39, 0.29) is 5.91 Å². The van der Waals surface area contributed by atoms with E-state index < -0.39 is 0 Å². The number of pyridine rings is 1. The van der Waals surface area contributed by atoms with E-state index >= 15 is 0 Å². The molecule has 0 fully saturated rings. The van der Waals surface area contributed by atoms with Crippen LogP contribution in [0.25, 0.3) is 11.0 Å². The van der Waals surface area contributed by atoms with Crippen LogP contribution >= 0.6 is 15.9 Å². The predicted octanol–water partition coefficient (Wildman–Crippen LogP) is 3.19. The van der Waals surface area contributed by atoms with Gasteiger partial charge in [-0.3, -0.25) is 14.3 Å². The lowest BCUT2D eigenvalue weighted by atomic mass is 10.2. The largest absolute Gasteiger partial charge is 0.268 e. The Labute approximate surface area is 118 Å². The lowest BCUT2D eigenvalue weighted by molar-refractivity contribution is 0.0962. The molecule has 0 aliphatic carbocycles. The van der Waals surface area contributed by atoms with E-state index in [1.165, 1.54) is 0 Å². The fourth-order valence-corrected chi connectivity index (χ4v) is 2.43. The molecular formula is C14H10BrN3O. The highest BCUT2D eigenvalue weighted by molar-refractivity contribution is 9.10. The number of halogens is 1. The molecule has 0 unspecified atom stereocenters. The van der Waals surface area contributed by atoms with Gasteiger partial charge >= 0.3 is 0 Å². The Kier molecular flexibility index (Phi) is 2.91. The van der Waals surface area contributed by atoms with Crippen LogP contribution < -0.4 is 0 Å². The van der Waals surface area contributed by atoms with Crippen molar-refractivity contribution in [3.63, 3.8) is 0 Å². The first-order valence-corrected chi connectivity index (χ1v) is 6.55. The molecule has 0 atom stereocenters. The quantitative estimate of drug-likeness (QED) is 0.693. The van der Waals surface area contributed by atoms with E-state index in [9.17, 15) is 4.79 Å². The second-order valence-corrected chi connectivity index (χ2v) is 5.10. The Morgan fingerprint density at radius 1 is 1.26 bits per heavy atom. The molecule has 1 aromatic carbocycles. The van der Waals surface area contributed by atoms with Crippen LogP contribution in [-0.4, -0.2) is 20.4 Å². The van der Waals surface area contributed by atoms with Gasteiger partial charge in [0.15, 0.2) is 0 Å². The van der Waals surface area contributed by atoms with Gasteiger partial charge in [-0.25, -0.2) is 4.98 Å². The first-order valence-electron chi connectivity index (χ1n) is 5.76. The van der Waals surface area contributed by atoms with Gasteiger partial charge in [0.05, 0.1) is 16.6 Å². The van der Waals surface area contributed by atoms with Crippen molar-refractivity contribution in [1.82, 2.24) is 14.5 Å². The zero-order valence-electron chi connectivity index (χ0n) is 10.2. The number of rotatable bonds is 1. The van der Waals surface area contributed by atoms with Crippen LogP contribution in [-0.2, 0) is 0 Å². The zero-order valence-corrected chi connectivity index (χ0v) is 11.8. The fraction of sp³-hybridized carbons (Fsp3) is 0.0714. The van der Waals surface area contributed by atoms with Crippen molar-refractivity contribution >= 4 is 32.9 Å². The summed E-state index contributed by atoms with van der Waals surface area (Å²) >= 11 is 3.32. The minimum Gasteiger partial charge on any atom is -0.268 e. The molecule has 3 rings (SSSR count). The zero-order chi connectivity index (χ0) is 13.4. The summed E-state index contributed by atoms with van der Waals surface area (Å²) < 4.78 is 2.39. The van der Waals surface area contributed by atoms with E-state index in [2.05, 4.69) is 25.9 Å². The van der Waals surface area contributed by atoms with E-state index in [0.717, 1.165) is 15.5 Å². The normalized spacial score (nSPS) is 10.8. The second kappa shape index (κ2) is 4.59. The number of aromatic nitrogens is 3. The van der Waals surface area contributed by atoms with Crippen molar-refractivity contribution < 1.29 is 4.79 Å². The lowest BCUT2D eigenvalue weighted by Gasteiger charge is -2.05. The van der Waals surface area contributed by atoms with Gasteiger partial charge in [-0.05, 0) is 41.1 Å². The van der Waals surface area contributed by atoms with Gasteiger partial charge in [0.25, 0.3) is 5.91 Å². The number of fused-ring (bicyclic) bond motifs is 1. The van der Waals surface area contributed by atoms with Gasteiger partial charge in [-0.2, -0.15) is 0 Å². The van der Waals surface area contributed by atoms with Gasteiger partial charge in [0.1, 0.15) is 5.82 Å². The summed E-state index contributed by atoms with van der Waals surface area (Å²) in [5.74, 6) is 0.547. The van der Waals surface area contributed by atoms with Crippen LogP contribution in [0.5, 0.6) is 0 Å². The molecule has 4 nitrogen and oxygen atoms in total. The third-order valence-electron chi connectivity index (χ3n) is 2.88. The Morgan fingerprint density at radius 3 is 2.84 bits per heavy atom. The molecule has 0 spiro atoms. The third kappa shape index (κ3) is 2.06. The van der Waals surface area contributed by atoms with Gasteiger partial charge < -0.3 is 0 Å². The Hall–Kier alpha value is -2.01. The highest BCUT2D eigenvalue weighted by atomic mass is 79.9. The Bertz CT molecular complexity index is 779. The highest BCUT2D eigenvalue weighted by Gasteiger charge is 2.15. The number of nitrogens with zero attached hydrogens (tertiary/aromatic N) is 3. The van der Waals surface area contributed by atoms with Gasteiger partial charge in [-0.15, -0.1) is 0 Å². The van der Waals surface area contributed by atoms with E-state index in [0.29, 0.717) is 11.4 Å². The minimum atomic E-state index is -0.125. The first-order chi connectivity index (χ1) is 9.16. The van der Waals surface area contributed by atoms with Crippen LogP contribution in [0.3, 0.4) is 0 Å². The molecule has 0 bridgehead atoms. The standard InChI is InChI=1S/C14H10BrN3O/c1-9-17-12-4-2-3-5-13(12)18(9)14(19)10-6-11(15)8-16-7-10/h2-8H,1H3. The van der Waals surface area contributed by atoms with Gasteiger partial charge in [-0.1, -0.05) is 12.1 Å². The maximum Gasteiger partial charge on any atom is 0.265 e. The third-order valence-corrected chi connectivity index (χ3v) is 3.32. The van der Waals surface area contributed by atoms with E-state index in [4.69, 9.17) is 0 Å². The number of carbonyl (C=O) groups excluding carboxylic acids is 1. The van der Waals surface area contributed by atoms with Crippen LogP contribution in [0.15, 0.2) is 47.2 Å². The van der Waals surface area contributed by atoms with Gasteiger partial charge in [0.2, 0.25) is 0 Å². The van der Waals surface area contributed by atoms with Crippen molar-refractivity contribution in [2.45, 2.75) is 6.92 Å². The Morgan fingerprint density at radius 2 is 2.05 bits per heavy atom. The number of benzene rings is 1. The molecule has 0 aliphatic heterocycles. The molecule has 94 valence electrons. The van der Waals surface area contributed by atoms with E-state index in [1.54, 1.807) is 23.0 Å². The van der Waals surface area contributed by atoms with Crippen LogP contribution in [0, 0.1) is 6.92 Å². The van der Waals surface area contributed by atoms with Crippen molar-refractivity contribution in [2.24, 2.45) is 0 Å². The molecule has 2 aromatic heterocycles. The number of imidazole rings is 1. The summed E-state index contributed by atoms with van der Waals surface area (Å²) in [5, 5.41) is 0. The van der Waals surface area contributed by atoms with Crippen LogP contribution in [0.1, 0.15) is 16.2 Å². The van der Waals surface area contributed by atoms with Crippen molar-refractivity contribution in [3.8, 4) is 0 Å². The summed E-state index contributed by atoms with van der Waals surface area (Å²) in [4.78, 5) is 21.0. The summed E-state index contributed by atoms with van der Waals surface area (Å²) in [6.07, 6.45) is 3.21. The summed E-state index contributed by atoms with van der Waals surface area (Å²) in [6.45, 7) is 1.82. The van der Waals surface area contributed by atoms with Crippen molar-refractivity contribution in [3.05, 3.63) is 58.6 Å². The number of hydrogen-bond donors (Lipinski definition) is 0. The summed E-state index contributed by atoms with van der Waals surface area (Å²) in [7, 11) is 0. The molecule has 0 saturated heterocycles. The molecule has 0 aliphatic rings. The van der Waals surface area contributed by atoms with Crippen LogP contribution in [0.4, 0.5) is 0 Å². The predicted molar refractivity (Wildman–Crippen MR) is 76.1 cm³/mol. The molecule has 5 heteroatoms. The molecule has 19 heavy (non-hydrogen) atoms. The lowest BCUT2D eigenvalue weighted by Crippen LogP contribution is -2.13. The SMILES string of the molecule is Cc1nc2ccccc2n1C(=O)c1cncc(Br)c1. The van der Waals surface area contributed by atoms with E-state index in [1.807, 2.05) is 31.2 Å². The Balaban J connectivity index is 2.19. The maximum absolute atomic E-state index is 12.6. The highest BCUT2D eigenvalue weighted by Crippen LogP contribution is 2.18. The van der Waals surface area contributed by atoms with Crippen molar-refractivity contribution in [1.29, 1.82) is 0 Å². The van der Waals surface area contributed by atoms with Crippen molar-refractivity contribution in [2.75, 3.05) is 0 Å². The summed E-state index contributed by atoms with van der Waals surface area (Å²) in [6, 6.07) is 9.34.